The van der Waals surface area contributed by atoms with E-state index in [0.29, 0.717) is 0 Å². The minimum Gasteiger partial charge on any atom is -0.442 e. The monoisotopic (exact) mass is 544 g/mol. The Labute approximate surface area is 188 Å². The standard InChI is InChI=1S/C18H17F13O4/c1-8(13(19,20)21)10(32)34-11(2)14(22,23)12(17(26,27)28,9-6-4-3-5-7-9)35-16(33,15(11,24)25)18(29,30)31/h9,33H,1,3-7H2,2H3. The second-order valence-corrected chi connectivity index (χ2v) is 8.36. The van der Waals surface area contributed by atoms with Crippen molar-refractivity contribution in [2.45, 2.75) is 86.4 Å². The van der Waals surface area contributed by atoms with E-state index in [1.807, 2.05) is 0 Å². The first kappa shape index (κ1) is 29.5. The first-order valence-electron chi connectivity index (χ1n) is 9.66. The van der Waals surface area contributed by atoms with Crippen molar-refractivity contribution < 1.29 is 76.5 Å². The Bertz CT molecular complexity index is 856. The maximum absolute atomic E-state index is 15.6. The fourth-order valence-electron chi connectivity index (χ4n) is 4.28. The van der Waals surface area contributed by atoms with Crippen LogP contribution in [0.3, 0.4) is 0 Å². The molecule has 1 N–H and O–H groups in total. The van der Waals surface area contributed by atoms with E-state index in [2.05, 4.69) is 16.1 Å². The van der Waals surface area contributed by atoms with E-state index >= 15 is 8.78 Å². The highest BCUT2D eigenvalue weighted by Crippen LogP contribution is 2.69. The van der Waals surface area contributed by atoms with Gasteiger partial charge in [-0.1, -0.05) is 25.8 Å². The molecule has 1 saturated heterocycles. The third-order valence-corrected chi connectivity index (χ3v) is 6.27. The van der Waals surface area contributed by atoms with E-state index in [1.165, 1.54) is 0 Å². The predicted molar refractivity (Wildman–Crippen MR) is 87.0 cm³/mol. The van der Waals surface area contributed by atoms with Crippen molar-refractivity contribution in [3.05, 3.63) is 12.2 Å². The van der Waals surface area contributed by atoms with Gasteiger partial charge in [0.15, 0.2) is 0 Å². The van der Waals surface area contributed by atoms with Crippen LogP contribution in [0.2, 0.25) is 0 Å². The number of aliphatic hydroxyl groups is 1. The van der Waals surface area contributed by atoms with Crippen molar-refractivity contribution in [1.29, 1.82) is 0 Å². The van der Waals surface area contributed by atoms with Crippen molar-refractivity contribution in [2.24, 2.45) is 5.92 Å². The zero-order chi connectivity index (χ0) is 27.7. The van der Waals surface area contributed by atoms with Crippen molar-refractivity contribution in [2.75, 3.05) is 0 Å². The van der Waals surface area contributed by atoms with Gasteiger partial charge in [-0.05, 0) is 19.8 Å². The van der Waals surface area contributed by atoms with Crippen LogP contribution in [0.15, 0.2) is 12.2 Å². The zero-order valence-electron chi connectivity index (χ0n) is 17.4. The number of esters is 1. The van der Waals surface area contributed by atoms with Crippen molar-refractivity contribution >= 4 is 5.97 Å². The van der Waals surface area contributed by atoms with Crippen molar-refractivity contribution in [3.8, 4) is 0 Å². The lowest BCUT2D eigenvalue weighted by atomic mass is 9.64. The van der Waals surface area contributed by atoms with Gasteiger partial charge in [-0.15, -0.1) is 0 Å². The molecule has 0 radical (unpaired) electrons. The molecule has 1 aliphatic carbocycles. The normalized spacial score (nSPS) is 34.4. The highest BCUT2D eigenvalue weighted by atomic mass is 19.4. The van der Waals surface area contributed by atoms with Gasteiger partial charge in [0.1, 0.15) is 5.57 Å². The molecular formula is C18H17F13O4. The van der Waals surface area contributed by atoms with Crippen LogP contribution in [0.4, 0.5) is 57.1 Å². The Balaban J connectivity index is 2.94. The third kappa shape index (κ3) is 3.87. The predicted octanol–water partition coefficient (Wildman–Crippen LogP) is 5.84. The summed E-state index contributed by atoms with van der Waals surface area (Å²) in [6.45, 7) is 1.21. The molecule has 17 heteroatoms. The Hall–Kier alpha value is -1.78. The summed E-state index contributed by atoms with van der Waals surface area (Å²) in [5, 5.41) is 9.78. The lowest BCUT2D eigenvalue weighted by molar-refractivity contribution is -0.563. The first-order chi connectivity index (χ1) is 15.4. The molecule has 0 aromatic heterocycles. The highest BCUT2D eigenvalue weighted by Gasteiger charge is 2.96. The summed E-state index contributed by atoms with van der Waals surface area (Å²) in [4.78, 5) is 11.7. The Morgan fingerprint density at radius 2 is 1.34 bits per heavy atom. The second kappa shape index (κ2) is 8.11. The summed E-state index contributed by atoms with van der Waals surface area (Å²) in [6.07, 6.45) is -21.8. The molecule has 204 valence electrons. The van der Waals surface area contributed by atoms with Gasteiger partial charge in [0.25, 0.3) is 0 Å². The largest absolute Gasteiger partial charge is 0.449 e. The van der Waals surface area contributed by atoms with Gasteiger partial charge < -0.3 is 14.6 Å². The van der Waals surface area contributed by atoms with E-state index in [4.69, 9.17) is 0 Å². The molecule has 0 bridgehead atoms. The average molecular weight is 544 g/mol. The zero-order valence-corrected chi connectivity index (χ0v) is 17.4. The molecule has 2 rings (SSSR count). The van der Waals surface area contributed by atoms with Crippen LogP contribution >= 0.6 is 0 Å². The van der Waals surface area contributed by atoms with Gasteiger partial charge in [-0.3, -0.25) is 0 Å². The van der Waals surface area contributed by atoms with Gasteiger partial charge in [0, 0.05) is 5.92 Å². The number of carbonyl (C=O) groups is 1. The number of hydrogen-bond acceptors (Lipinski definition) is 4. The molecule has 0 aromatic rings. The Kier molecular flexibility index (Phi) is 6.83. The van der Waals surface area contributed by atoms with Gasteiger partial charge in [0.2, 0.25) is 11.2 Å². The summed E-state index contributed by atoms with van der Waals surface area (Å²) < 4.78 is 190. The van der Waals surface area contributed by atoms with E-state index in [-0.39, 0.29) is 19.3 Å². The Morgan fingerprint density at radius 3 is 1.71 bits per heavy atom. The van der Waals surface area contributed by atoms with Crippen molar-refractivity contribution in [1.82, 2.24) is 0 Å². The smallest absolute Gasteiger partial charge is 0.442 e. The summed E-state index contributed by atoms with van der Waals surface area (Å²) in [6, 6.07) is 0. The summed E-state index contributed by atoms with van der Waals surface area (Å²) in [7, 11) is 0. The van der Waals surface area contributed by atoms with Crippen LogP contribution < -0.4 is 0 Å². The molecule has 3 unspecified atom stereocenters. The molecule has 1 heterocycles. The van der Waals surface area contributed by atoms with E-state index < -0.39 is 84.6 Å². The lowest BCUT2D eigenvalue weighted by Crippen LogP contribution is -2.88. The number of alkyl halides is 13. The van der Waals surface area contributed by atoms with Crippen molar-refractivity contribution in [3.63, 3.8) is 0 Å². The van der Waals surface area contributed by atoms with Crippen LogP contribution in [-0.4, -0.2) is 58.4 Å². The minimum absolute atomic E-state index is 0.118. The number of rotatable bonds is 3. The SMILES string of the molecule is C=C(C(=O)OC1(C)C(F)(F)C(O)(C(F)(F)F)OC(C2CCCCC2)(C(F)(F)F)C1(F)F)C(F)(F)F. The molecule has 0 amide bonds. The van der Waals surface area contributed by atoms with Gasteiger partial charge >= 0.3 is 42.1 Å². The summed E-state index contributed by atoms with van der Waals surface area (Å²) in [5.41, 5.74) is -14.0. The molecule has 35 heavy (non-hydrogen) atoms. The maximum atomic E-state index is 15.6. The molecular weight excluding hydrogens is 527 g/mol. The molecule has 3 atom stereocenters. The molecule has 2 fully saturated rings. The van der Waals surface area contributed by atoms with Crippen LogP contribution in [0.5, 0.6) is 0 Å². The number of halogens is 13. The van der Waals surface area contributed by atoms with Crippen LogP contribution in [0.1, 0.15) is 39.0 Å². The molecule has 2 aliphatic rings. The van der Waals surface area contributed by atoms with Gasteiger partial charge in [0.05, 0.1) is 0 Å². The summed E-state index contributed by atoms with van der Waals surface area (Å²) >= 11 is 0. The minimum atomic E-state index is -6.94. The van der Waals surface area contributed by atoms with E-state index in [9.17, 15) is 58.2 Å². The third-order valence-electron chi connectivity index (χ3n) is 6.27. The Morgan fingerprint density at radius 1 is 0.886 bits per heavy atom. The first-order valence-corrected chi connectivity index (χ1v) is 9.66. The topological polar surface area (TPSA) is 55.8 Å². The van der Waals surface area contributed by atoms with Gasteiger partial charge in [-0.2, -0.15) is 57.1 Å². The molecule has 1 saturated carbocycles. The average Bonchev–Trinajstić information content (AvgIpc) is 2.67. The van der Waals surface area contributed by atoms with E-state index in [1.54, 1.807) is 0 Å². The fourth-order valence-corrected chi connectivity index (χ4v) is 4.28. The second-order valence-electron chi connectivity index (χ2n) is 8.36. The molecule has 1 aliphatic heterocycles. The quantitative estimate of drug-likeness (QED) is 0.276. The fraction of sp³-hybridized carbons (Fsp3) is 0.833. The lowest BCUT2D eigenvalue weighted by Gasteiger charge is -2.61. The molecule has 4 nitrogen and oxygen atoms in total. The molecule has 0 spiro atoms. The van der Waals surface area contributed by atoms with Crippen LogP contribution in [0, 0.1) is 5.92 Å². The number of ether oxygens (including phenoxy) is 2. The number of hydrogen-bond donors (Lipinski definition) is 1. The van der Waals surface area contributed by atoms with Gasteiger partial charge in [-0.25, -0.2) is 4.79 Å². The molecule has 0 aromatic carbocycles. The highest BCUT2D eigenvalue weighted by molar-refractivity contribution is 5.89. The van der Waals surface area contributed by atoms with Crippen LogP contribution in [0.25, 0.3) is 0 Å². The maximum Gasteiger partial charge on any atom is 0.449 e. The number of carbonyl (C=O) groups excluding carboxylic acids is 1. The summed E-state index contributed by atoms with van der Waals surface area (Å²) in [5.74, 6) is -25.3. The van der Waals surface area contributed by atoms with Crippen LogP contribution in [-0.2, 0) is 14.3 Å². The van der Waals surface area contributed by atoms with E-state index in [0.717, 1.165) is 0 Å².